The second kappa shape index (κ2) is 6.10. The van der Waals surface area contributed by atoms with Crippen LogP contribution in [0.25, 0.3) is 12.2 Å². The molecule has 100 valence electrons. The third-order valence-corrected chi connectivity index (χ3v) is 4.45. The zero-order valence-electron chi connectivity index (χ0n) is 13.1. The fourth-order valence-corrected chi connectivity index (χ4v) is 3.11. The van der Waals surface area contributed by atoms with Crippen molar-refractivity contribution < 1.29 is 0 Å². The van der Waals surface area contributed by atoms with E-state index in [4.69, 9.17) is 0 Å². The van der Waals surface area contributed by atoms with E-state index in [1.165, 1.54) is 33.4 Å². The zero-order valence-corrected chi connectivity index (χ0v) is 13.1. The van der Waals surface area contributed by atoms with E-state index in [0.29, 0.717) is 4.59 Å². The van der Waals surface area contributed by atoms with Gasteiger partial charge in [0.1, 0.15) is 0 Å². The van der Waals surface area contributed by atoms with Crippen LogP contribution in [0.3, 0.4) is 0 Å². The first-order chi connectivity index (χ1) is 10.1. The van der Waals surface area contributed by atoms with E-state index < -0.39 is 0 Å². The quantitative estimate of drug-likeness (QED) is 0.591. The Morgan fingerprint density at radius 2 is 1.52 bits per heavy atom. The molecule has 0 saturated heterocycles. The summed E-state index contributed by atoms with van der Waals surface area (Å²) >= 11 is 2.26. The van der Waals surface area contributed by atoms with Crippen LogP contribution in [0.5, 0.6) is 0 Å². The average Bonchev–Trinajstić information content (AvgIpc) is 3.00. The van der Waals surface area contributed by atoms with Crippen molar-refractivity contribution in [2.45, 2.75) is 24.9 Å². The molecule has 0 saturated carbocycles. The Hall–Kier alpha value is -1.48. The van der Waals surface area contributed by atoms with Crippen molar-refractivity contribution in [1.82, 2.24) is 0 Å². The summed E-state index contributed by atoms with van der Waals surface area (Å²) in [5.41, 5.74) is 8.70. The summed E-state index contributed by atoms with van der Waals surface area (Å²) in [6, 6.07) is 17.2. The van der Waals surface area contributed by atoms with E-state index >= 15 is 0 Å². The molecule has 2 aliphatic carbocycles. The molecule has 0 spiro atoms. The molecule has 0 amide bonds. The summed E-state index contributed by atoms with van der Waals surface area (Å²) in [6.45, 7) is 4.38. The van der Waals surface area contributed by atoms with Gasteiger partial charge in [0.2, 0.25) is 0 Å². The first-order valence-corrected chi connectivity index (χ1v) is 7.67. The Bertz CT molecular complexity index is 722. The molecule has 0 bridgehead atoms. The zero-order chi connectivity index (χ0) is 14.8. The SMILES string of the molecule is CC1=Cc2ccccc2C1.[Li][CH]1C(C)=Cc2ccccc21. The summed E-state index contributed by atoms with van der Waals surface area (Å²) in [4.78, 5) is 0. The summed E-state index contributed by atoms with van der Waals surface area (Å²) < 4.78 is 0.631. The molecule has 0 aliphatic heterocycles. The fourth-order valence-electron chi connectivity index (χ4n) is 3.11. The van der Waals surface area contributed by atoms with Gasteiger partial charge in [-0.25, -0.2) is 0 Å². The van der Waals surface area contributed by atoms with Crippen LogP contribution in [0.15, 0.2) is 59.7 Å². The second-order valence-corrected chi connectivity index (χ2v) is 6.11. The van der Waals surface area contributed by atoms with Crippen LogP contribution in [0, 0.1) is 0 Å². The number of rotatable bonds is 0. The summed E-state index contributed by atoms with van der Waals surface area (Å²) in [7, 11) is 0. The summed E-state index contributed by atoms with van der Waals surface area (Å²) in [5, 5.41) is 0. The molecular weight excluding hydrogens is 247 g/mol. The minimum atomic E-state index is 0.631. The second-order valence-electron chi connectivity index (χ2n) is 6.11. The van der Waals surface area contributed by atoms with E-state index in [-0.39, 0.29) is 0 Å². The third-order valence-electron chi connectivity index (χ3n) is 4.45. The number of allylic oxidation sites excluding steroid dienone is 2. The molecule has 1 atom stereocenters. The first-order valence-electron chi connectivity index (χ1n) is 7.67. The molecular formula is C20H19Li. The van der Waals surface area contributed by atoms with Crippen LogP contribution >= 0.6 is 0 Å². The van der Waals surface area contributed by atoms with Gasteiger partial charge in [0.25, 0.3) is 0 Å². The van der Waals surface area contributed by atoms with Gasteiger partial charge in [-0.05, 0) is 24.5 Å². The molecule has 1 unspecified atom stereocenters. The van der Waals surface area contributed by atoms with Crippen molar-refractivity contribution in [3.05, 3.63) is 81.9 Å². The molecule has 0 fully saturated rings. The minimum absolute atomic E-state index is 0.631. The van der Waals surface area contributed by atoms with Crippen molar-refractivity contribution in [3.63, 3.8) is 0 Å². The van der Waals surface area contributed by atoms with Crippen LogP contribution in [0.4, 0.5) is 0 Å². The van der Waals surface area contributed by atoms with Crippen molar-refractivity contribution in [1.29, 1.82) is 0 Å². The van der Waals surface area contributed by atoms with Gasteiger partial charge in [-0.1, -0.05) is 35.9 Å². The van der Waals surface area contributed by atoms with Crippen LogP contribution in [-0.2, 0) is 6.42 Å². The van der Waals surface area contributed by atoms with E-state index in [1.807, 2.05) is 0 Å². The van der Waals surface area contributed by atoms with Crippen LogP contribution in [-0.4, -0.2) is 17.7 Å². The fraction of sp³-hybridized carbons (Fsp3) is 0.200. The first kappa shape index (κ1) is 14.5. The standard InChI is InChI=1S/C10H10.C10H9.Li/c2*1-8-6-9-4-2-3-5-10(9)7-8;/h2-6H,7H2,1H3;2-7H,1H3;. The predicted octanol–water partition coefficient (Wildman–Crippen LogP) is 4.96. The van der Waals surface area contributed by atoms with E-state index in [0.717, 1.165) is 6.42 Å². The van der Waals surface area contributed by atoms with Gasteiger partial charge in [0, 0.05) is 0 Å². The average molecular weight is 266 g/mol. The van der Waals surface area contributed by atoms with Gasteiger partial charge in [0.15, 0.2) is 0 Å². The maximum absolute atomic E-state index is 2.28. The van der Waals surface area contributed by atoms with E-state index in [1.54, 1.807) is 0 Å². The normalized spacial score (nSPS) is 18.2. The third kappa shape index (κ3) is 3.08. The summed E-state index contributed by atoms with van der Waals surface area (Å²) in [6.07, 6.45) is 5.69. The predicted molar refractivity (Wildman–Crippen MR) is 92.4 cm³/mol. The Morgan fingerprint density at radius 3 is 2.24 bits per heavy atom. The monoisotopic (exact) mass is 266 g/mol. The number of hydrogen-bond donors (Lipinski definition) is 0. The van der Waals surface area contributed by atoms with Gasteiger partial charge in [-0.2, -0.15) is 0 Å². The molecule has 4 rings (SSSR count). The van der Waals surface area contributed by atoms with Crippen LogP contribution < -0.4 is 0 Å². The Balaban J connectivity index is 0.000000126. The molecule has 0 N–H and O–H groups in total. The molecule has 0 heterocycles. The molecule has 21 heavy (non-hydrogen) atoms. The van der Waals surface area contributed by atoms with Gasteiger partial charge in [-0.3, -0.25) is 0 Å². The van der Waals surface area contributed by atoms with Crippen LogP contribution in [0.2, 0.25) is 0 Å². The Morgan fingerprint density at radius 1 is 0.857 bits per heavy atom. The number of benzene rings is 2. The van der Waals surface area contributed by atoms with Gasteiger partial charge in [-0.15, -0.1) is 0 Å². The molecule has 0 radical (unpaired) electrons. The molecule has 2 aliphatic rings. The molecule has 1 heteroatoms. The molecule has 0 aromatic heterocycles. The number of fused-ring (bicyclic) bond motifs is 2. The van der Waals surface area contributed by atoms with Crippen LogP contribution in [0.1, 0.15) is 40.7 Å². The Labute approximate surface area is 136 Å². The van der Waals surface area contributed by atoms with E-state index in [9.17, 15) is 0 Å². The summed E-state index contributed by atoms with van der Waals surface area (Å²) in [5.74, 6) is 0. The Kier molecular flexibility index (Phi) is 4.20. The molecule has 2 aromatic rings. The van der Waals surface area contributed by atoms with Crippen molar-refractivity contribution >= 4 is 29.9 Å². The van der Waals surface area contributed by atoms with Gasteiger partial charge in [0.05, 0.1) is 0 Å². The number of hydrogen-bond acceptors (Lipinski definition) is 0. The molecule has 0 nitrogen and oxygen atoms in total. The van der Waals surface area contributed by atoms with Crippen molar-refractivity contribution in [3.8, 4) is 0 Å². The van der Waals surface area contributed by atoms with Gasteiger partial charge < -0.3 is 0 Å². The topological polar surface area (TPSA) is 0 Å². The van der Waals surface area contributed by atoms with Gasteiger partial charge >= 0.3 is 76.3 Å². The maximum atomic E-state index is 2.28. The van der Waals surface area contributed by atoms with Crippen molar-refractivity contribution in [2.24, 2.45) is 0 Å². The van der Waals surface area contributed by atoms with E-state index in [2.05, 4.69) is 92.2 Å². The van der Waals surface area contributed by atoms with Crippen molar-refractivity contribution in [2.75, 3.05) is 0 Å². The molecule has 2 aromatic carbocycles.